The summed E-state index contributed by atoms with van der Waals surface area (Å²) in [4.78, 5) is 24.8. The molecule has 0 aliphatic heterocycles. The summed E-state index contributed by atoms with van der Waals surface area (Å²) >= 11 is 3.38. The number of aromatic hydroxyl groups is 1. The smallest absolute Gasteiger partial charge is 0.345 e. The van der Waals surface area contributed by atoms with Gasteiger partial charge in [-0.15, -0.1) is 0 Å². The molecule has 6 nitrogen and oxygen atoms in total. The van der Waals surface area contributed by atoms with E-state index in [4.69, 9.17) is 4.42 Å². The van der Waals surface area contributed by atoms with E-state index in [9.17, 15) is 14.7 Å². The fraction of sp³-hybridized carbons (Fsp3) is 0.0455. The Bertz CT molecular complexity index is 1360. The third-order valence-electron chi connectivity index (χ3n) is 4.52. The van der Waals surface area contributed by atoms with E-state index in [0.29, 0.717) is 5.58 Å². The summed E-state index contributed by atoms with van der Waals surface area (Å²) in [5, 5.41) is 16.5. The number of amides is 1. The van der Waals surface area contributed by atoms with Gasteiger partial charge in [0.2, 0.25) is 0 Å². The van der Waals surface area contributed by atoms with E-state index in [1.165, 1.54) is 6.07 Å². The van der Waals surface area contributed by atoms with Crippen molar-refractivity contribution in [3.63, 3.8) is 0 Å². The molecule has 1 aromatic heterocycles. The first-order chi connectivity index (χ1) is 13.9. The van der Waals surface area contributed by atoms with Gasteiger partial charge in [0.25, 0.3) is 5.91 Å². The molecular weight excluding hydrogens is 436 g/mol. The van der Waals surface area contributed by atoms with Gasteiger partial charge in [0.15, 0.2) is 0 Å². The number of nitrogens with one attached hydrogen (secondary N) is 1. The largest absolute Gasteiger partial charge is 0.507 e. The molecular formula is C22H15BrN2O4. The van der Waals surface area contributed by atoms with E-state index in [1.54, 1.807) is 31.2 Å². The number of fused-ring (bicyclic) bond motifs is 2. The van der Waals surface area contributed by atoms with Crippen LogP contribution in [0.3, 0.4) is 0 Å². The van der Waals surface area contributed by atoms with Crippen LogP contribution in [0.15, 0.2) is 79.4 Å². The summed E-state index contributed by atoms with van der Waals surface area (Å²) in [6.45, 7) is 1.59. The lowest BCUT2D eigenvalue weighted by Crippen LogP contribution is -2.21. The summed E-state index contributed by atoms with van der Waals surface area (Å²) in [6, 6.07) is 17.5. The molecule has 0 aliphatic rings. The van der Waals surface area contributed by atoms with Crippen LogP contribution in [0.1, 0.15) is 22.8 Å². The monoisotopic (exact) mass is 450 g/mol. The summed E-state index contributed by atoms with van der Waals surface area (Å²) in [5.74, 6) is -0.732. The van der Waals surface area contributed by atoms with Crippen LogP contribution in [-0.2, 0) is 0 Å². The maximum absolute atomic E-state index is 12.5. The molecule has 0 atom stereocenters. The minimum Gasteiger partial charge on any atom is -0.507 e. The average molecular weight is 451 g/mol. The molecule has 144 valence electrons. The number of carbonyl (C=O) groups is 1. The molecule has 0 radical (unpaired) electrons. The molecule has 29 heavy (non-hydrogen) atoms. The standard InChI is InChI=1S/C22H15BrN2O4/c1-12(17-10-15-8-16(23)6-7-20(15)29-22(17)28)24-25-21(27)18-9-13-4-2-3-5-14(13)11-19(18)26/h2-11,26H,1H3,(H,25,27)/b24-12-. The average Bonchev–Trinajstić information content (AvgIpc) is 2.71. The number of hydrogen-bond acceptors (Lipinski definition) is 5. The predicted octanol–water partition coefficient (Wildman–Crippen LogP) is 4.57. The first kappa shape index (κ1) is 18.9. The number of carbonyl (C=O) groups excluding carboxylic acids is 1. The van der Waals surface area contributed by atoms with E-state index >= 15 is 0 Å². The van der Waals surface area contributed by atoms with Gasteiger partial charge in [0.1, 0.15) is 11.3 Å². The van der Waals surface area contributed by atoms with Crippen LogP contribution in [0.4, 0.5) is 0 Å². The SMILES string of the molecule is C/C(=N/NC(=O)c1cc2ccccc2cc1O)c1cc2cc(Br)ccc2oc1=O. The topological polar surface area (TPSA) is 91.9 Å². The molecule has 0 spiro atoms. The molecule has 1 heterocycles. The molecule has 2 N–H and O–H groups in total. The first-order valence-electron chi connectivity index (χ1n) is 8.72. The van der Waals surface area contributed by atoms with Gasteiger partial charge in [-0.2, -0.15) is 5.10 Å². The Morgan fingerprint density at radius 1 is 1.00 bits per heavy atom. The molecule has 0 saturated heterocycles. The first-order valence-corrected chi connectivity index (χ1v) is 9.52. The van der Waals surface area contributed by atoms with Crippen molar-refractivity contribution in [2.45, 2.75) is 6.92 Å². The van der Waals surface area contributed by atoms with Crippen molar-refractivity contribution in [3.8, 4) is 5.75 Å². The summed E-state index contributed by atoms with van der Waals surface area (Å²) in [5.41, 5.74) is 2.91. The maximum Gasteiger partial charge on any atom is 0.345 e. The van der Waals surface area contributed by atoms with Crippen molar-refractivity contribution in [1.82, 2.24) is 5.43 Å². The normalized spacial score (nSPS) is 11.7. The van der Waals surface area contributed by atoms with Crippen LogP contribution in [0.5, 0.6) is 5.75 Å². The van der Waals surface area contributed by atoms with Crippen LogP contribution >= 0.6 is 15.9 Å². The van der Waals surface area contributed by atoms with Gasteiger partial charge in [-0.05, 0) is 54.1 Å². The van der Waals surface area contributed by atoms with Gasteiger partial charge in [0, 0.05) is 9.86 Å². The van der Waals surface area contributed by atoms with Gasteiger partial charge in [0.05, 0.1) is 16.8 Å². The van der Waals surface area contributed by atoms with Crippen LogP contribution in [-0.4, -0.2) is 16.7 Å². The molecule has 0 saturated carbocycles. The van der Waals surface area contributed by atoms with E-state index in [2.05, 4.69) is 26.5 Å². The lowest BCUT2D eigenvalue weighted by atomic mass is 10.1. The predicted molar refractivity (Wildman–Crippen MR) is 115 cm³/mol. The van der Waals surface area contributed by atoms with Crippen molar-refractivity contribution < 1.29 is 14.3 Å². The highest BCUT2D eigenvalue weighted by atomic mass is 79.9. The van der Waals surface area contributed by atoms with Crippen LogP contribution in [0.25, 0.3) is 21.7 Å². The van der Waals surface area contributed by atoms with Gasteiger partial charge >= 0.3 is 5.63 Å². The lowest BCUT2D eigenvalue weighted by molar-refractivity contribution is 0.0952. The number of phenolic OH excluding ortho intramolecular Hbond substituents is 1. The van der Waals surface area contributed by atoms with Gasteiger partial charge in [-0.3, -0.25) is 4.79 Å². The number of hydrogen-bond donors (Lipinski definition) is 2. The second-order valence-electron chi connectivity index (χ2n) is 6.48. The number of phenols is 1. The van der Waals surface area contributed by atoms with Crippen LogP contribution < -0.4 is 11.1 Å². The number of hydrazone groups is 1. The van der Waals surface area contributed by atoms with Gasteiger partial charge in [-0.25, -0.2) is 10.2 Å². The summed E-state index contributed by atoms with van der Waals surface area (Å²) in [7, 11) is 0. The molecule has 0 bridgehead atoms. The molecule has 1 amide bonds. The molecule has 0 unspecified atom stereocenters. The van der Waals surface area contributed by atoms with Crippen molar-refractivity contribution in [3.05, 3.63) is 86.7 Å². The molecule has 3 aromatic carbocycles. The van der Waals surface area contributed by atoms with Crippen molar-refractivity contribution in [2.24, 2.45) is 5.10 Å². The minimum absolute atomic E-state index is 0.0923. The maximum atomic E-state index is 12.5. The van der Waals surface area contributed by atoms with Crippen molar-refractivity contribution >= 4 is 49.3 Å². The van der Waals surface area contributed by atoms with E-state index in [0.717, 1.165) is 20.6 Å². The molecule has 4 aromatic rings. The van der Waals surface area contributed by atoms with Crippen molar-refractivity contribution in [1.29, 1.82) is 0 Å². The fourth-order valence-electron chi connectivity index (χ4n) is 3.01. The van der Waals surface area contributed by atoms with E-state index in [1.807, 2.05) is 30.3 Å². The Hall–Kier alpha value is -3.45. The molecule has 7 heteroatoms. The Morgan fingerprint density at radius 3 is 2.45 bits per heavy atom. The summed E-state index contributed by atoms with van der Waals surface area (Å²) < 4.78 is 6.16. The lowest BCUT2D eigenvalue weighted by Gasteiger charge is -2.07. The number of rotatable bonds is 3. The Balaban J connectivity index is 1.64. The summed E-state index contributed by atoms with van der Waals surface area (Å²) in [6.07, 6.45) is 0. The quantitative estimate of drug-likeness (QED) is 0.271. The molecule has 4 rings (SSSR count). The van der Waals surface area contributed by atoms with Gasteiger partial charge < -0.3 is 9.52 Å². The van der Waals surface area contributed by atoms with E-state index < -0.39 is 11.5 Å². The fourth-order valence-corrected chi connectivity index (χ4v) is 3.39. The third-order valence-corrected chi connectivity index (χ3v) is 5.01. The second-order valence-corrected chi connectivity index (χ2v) is 7.40. The number of nitrogens with zero attached hydrogens (tertiary/aromatic N) is 1. The van der Waals surface area contributed by atoms with Crippen LogP contribution in [0, 0.1) is 0 Å². The minimum atomic E-state index is -0.583. The van der Waals surface area contributed by atoms with Crippen molar-refractivity contribution in [2.75, 3.05) is 0 Å². The highest BCUT2D eigenvalue weighted by Crippen LogP contribution is 2.25. The van der Waals surface area contributed by atoms with E-state index in [-0.39, 0.29) is 22.6 Å². The molecule has 0 aliphatic carbocycles. The second kappa shape index (κ2) is 7.52. The molecule has 0 fully saturated rings. The zero-order valence-electron chi connectivity index (χ0n) is 15.3. The zero-order valence-corrected chi connectivity index (χ0v) is 16.9. The Labute approximate surface area is 173 Å². The third kappa shape index (κ3) is 3.77. The Morgan fingerprint density at radius 2 is 1.69 bits per heavy atom. The number of benzene rings is 3. The number of halogens is 1. The zero-order chi connectivity index (χ0) is 20.5. The highest BCUT2D eigenvalue weighted by Gasteiger charge is 2.13. The van der Waals surface area contributed by atoms with Crippen LogP contribution in [0.2, 0.25) is 0 Å². The Kier molecular flexibility index (Phi) is 4.90. The highest BCUT2D eigenvalue weighted by molar-refractivity contribution is 9.10. The van der Waals surface area contributed by atoms with Gasteiger partial charge in [-0.1, -0.05) is 40.2 Å².